The minimum atomic E-state index is -0.729. The summed E-state index contributed by atoms with van der Waals surface area (Å²) in [5.41, 5.74) is 1.53. The number of anilines is 1. The van der Waals surface area contributed by atoms with Crippen LogP contribution in [0, 0.1) is 10.1 Å². The molecule has 5 rings (SSSR count). The smallest absolute Gasteiger partial charge is 0.283 e. The van der Waals surface area contributed by atoms with Gasteiger partial charge >= 0.3 is 0 Å². The minimum Gasteiger partial charge on any atom is -0.355 e. The van der Waals surface area contributed by atoms with Crippen molar-refractivity contribution in [2.75, 3.05) is 17.2 Å². The van der Waals surface area contributed by atoms with E-state index in [1.54, 1.807) is 18.2 Å². The molecule has 0 aliphatic carbocycles. The van der Waals surface area contributed by atoms with Gasteiger partial charge in [0.1, 0.15) is 5.56 Å². The monoisotopic (exact) mass is 518 g/mol. The first-order chi connectivity index (χ1) is 17.4. The molecule has 0 fully saturated rings. The number of nitro benzene ring substituents is 1. The van der Waals surface area contributed by atoms with Crippen LogP contribution < -0.4 is 10.2 Å². The number of thiazole rings is 1. The molecular formula is C25H18N4O5S2. The van der Waals surface area contributed by atoms with Crippen molar-refractivity contribution in [1.29, 1.82) is 0 Å². The maximum absolute atomic E-state index is 13.0. The summed E-state index contributed by atoms with van der Waals surface area (Å²) in [6.07, 6.45) is 0.752. The highest BCUT2D eigenvalue weighted by molar-refractivity contribution is 8.01. The van der Waals surface area contributed by atoms with E-state index < -0.39 is 22.4 Å². The van der Waals surface area contributed by atoms with Gasteiger partial charge in [-0.05, 0) is 36.2 Å². The zero-order valence-electron chi connectivity index (χ0n) is 18.7. The fourth-order valence-electron chi connectivity index (χ4n) is 3.92. The second kappa shape index (κ2) is 9.88. The lowest BCUT2D eigenvalue weighted by molar-refractivity contribution is -0.385. The molecule has 1 aromatic heterocycles. The average Bonchev–Trinajstić information content (AvgIpc) is 3.40. The summed E-state index contributed by atoms with van der Waals surface area (Å²) in [7, 11) is 0. The maximum Gasteiger partial charge on any atom is 0.283 e. The molecule has 0 saturated carbocycles. The summed E-state index contributed by atoms with van der Waals surface area (Å²) in [5.74, 6) is -1.22. The zero-order chi connectivity index (χ0) is 25.2. The fraction of sp³-hybridized carbons (Fsp3) is 0.120. The van der Waals surface area contributed by atoms with Crippen LogP contribution in [0.5, 0.6) is 0 Å². The Morgan fingerprint density at radius 3 is 2.64 bits per heavy atom. The Balaban J connectivity index is 1.26. The molecule has 3 amide bonds. The number of benzene rings is 3. The molecule has 0 atom stereocenters. The molecule has 11 heteroatoms. The fourth-order valence-corrected chi connectivity index (χ4v) is 5.85. The van der Waals surface area contributed by atoms with E-state index in [1.807, 2.05) is 30.3 Å². The van der Waals surface area contributed by atoms with E-state index in [-0.39, 0.29) is 22.8 Å². The number of nitrogens with one attached hydrogen (secondary N) is 1. The minimum absolute atomic E-state index is 0.00752. The van der Waals surface area contributed by atoms with Gasteiger partial charge in [0.25, 0.3) is 17.5 Å². The van der Waals surface area contributed by atoms with Gasteiger partial charge in [-0.3, -0.25) is 24.5 Å². The summed E-state index contributed by atoms with van der Waals surface area (Å²) in [6.45, 7) is 0.547. The third-order valence-electron chi connectivity index (χ3n) is 5.61. The Kier molecular flexibility index (Phi) is 6.49. The van der Waals surface area contributed by atoms with E-state index in [2.05, 4.69) is 10.3 Å². The van der Waals surface area contributed by atoms with E-state index in [1.165, 1.54) is 41.3 Å². The van der Waals surface area contributed by atoms with Gasteiger partial charge in [-0.15, -0.1) is 11.3 Å². The molecule has 36 heavy (non-hydrogen) atoms. The van der Waals surface area contributed by atoms with Crippen LogP contribution in [0.3, 0.4) is 0 Å². The van der Waals surface area contributed by atoms with E-state index in [9.17, 15) is 24.5 Å². The zero-order valence-corrected chi connectivity index (χ0v) is 20.3. The number of nitrogens with zero attached hydrogens (tertiary/aromatic N) is 3. The van der Waals surface area contributed by atoms with Gasteiger partial charge in [-0.25, -0.2) is 9.88 Å². The molecule has 0 saturated heterocycles. The third kappa shape index (κ3) is 4.58. The first kappa shape index (κ1) is 23.6. The van der Waals surface area contributed by atoms with E-state index in [0.717, 1.165) is 21.6 Å². The van der Waals surface area contributed by atoms with Crippen LogP contribution in [-0.4, -0.2) is 39.9 Å². The van der Waals surface area contributed by atoms with E-state index in [0.29, 0.717) is 22.1 Å². The number of imide groups is 1. The number of amides is 3. The molecule has 0 radical (unpaired) electrons. The Hall–Kier alpha value is -4.09. The molecule has 0 bridgehead atoms. The second-order valence-corrected chi connectivity index (χ2v) is 10.2. The summed E-state index contributed by atoms with van der Waals surface area (Å²) in [5, 5.41) is 14.3. The highest BCUT2D eigenvalue weighted by Crippen LogP contribution is 2.37. The summed E-state index contributed by atoms with van der Waals surface area (Å²) in [4.78, 5) is 54.2. The Labute approximate surface area is 213 Å². The topological polar surface area (TPSA) is 123 Å². The normalized spacial score (nSPS) is 12.7. The van der Waals surface area contributed by atoms with Gasteiger partial charge < -0.3 is 5.32 Å². The lowest BCUT2D eigenvalue weighted by atomic mass is 10.1. The number of aromatic nitrogens is 1. The Bertz CT molecular complexity index is 1520. The van der Waals surface area contributed by atoms with Crippen molar-refractivity contribution in [1.82, 2.24) is 10.3 Å². The number of hydrogen-bond donors (Lipinski definition) is 1. The van der Waals surface area contributed by atoms with Crippen molar-refractivity contribution in [2.45, 2.75) is 10.8 Å². The quantitative estimate of drug-likeness (QED) is 0.158. The van der Waals surface area contributed by atoms with Crippen molar-refractivity contribution >= 4 is 62.4 Å². The van der Waals surface area contributed by atoms with E-state index in [4.69, 9.17) is 0 Å². The molecule has 2 heterocycles. The van der Waals surface area contributed by atoms with Gasteiger partial charge in [0.15, 0.2) is 4.34 Å². The van der Waals surface area contributed by atoms with Crippen molar-refractivity contribution in [3.05, 3.63) is 93.5 Å². The molecule has 0 spiro atoms. The highest BCUT2D eigenvalue weighted by atomic mass is 32.2. The van der Waals surface area contributed by atoms with Crippen LogP contribution in [0.2, 0.25) is 0 Å². The first-order valence-corrected chi connectivity index (χ1v) is 12.7. The van der Waals surface area contributed by atoms with Gasteiger partial charge in [0, 0.05) is 12.6 Å². The van der Waals surface area contributed by atoms with Gasteiger partial charge in [0.05, 0.1) is 32.1 Å². The summed E-state index contributed by atoms with van der Waals surface area (Å²) >= 11 is 2.65. The standard InChI is InChI=1S/C25H18N4O5S2/c30-21(26-12-11-15-5-2-1-3-6-15)14-35-25-27-18-10-9-16(13-20(18)36-25)28-23(31)17-7-4-8-19(29(33)34)22(17)24(28)32/h1-10,13H,11-12,14H2,(H,26,30). The molecule has 4 aromatic rings. The Morgan fingerprint density at radius 1 is 1.06 bits per heavy atom. The van der Waals surface area contributed by atoms with Crippen LogP contribution in [-0.2, 0) is 11.2 Å². The predicted octanol–water partition coefficient (Wildman–Crippen LogP) is 4.46. The van der Waals surface area contributed by atoms with Crippen LogP contribution in [0.4, 0.5) is 11.4 Å². The van der Waals surface area contributed by atoms with E-state index >= 15 is 0 Å². The molecule has 1 aliphatic rings. The number of nitro groups is 1. The second-order valence-electron chi connectivity index (χ2n) is 7.91. The number of hydrogen-bond acceptors (Lipinski definition) is 8. The predicted molar refractivity (Wildman–Crippen MR) is 138 cm³/mol. The number of fused-ring (bicyclic) bond motifs is 2. The van der Waals surface area contributed by atoms with Crippen LogP contribution in [0.1, 0.15) is 26.3 Å². The molecule has 0 unspecified atom stereocenters. The third-order valence-corrected chi connectivity index (χ3v) is 7.77. The largest absolute Gasteiger partial charge is 0.355 e. The number of carbonyl (C=O) groups is 3. The van der Waals surface area contributed by atoms with Crippen molar-refractivity contribution in [2.24, 2.45) is 0 Å². The SMILES string of the molecule is O=C(CSc1nc2ccc(N3C(=O)c4cccc([N+](=O)[O-])c4C3=O)cc2s1)NCCc1ccccc1. The van der Waals surface area contributed by atoms with Crippen LogP contribution in [0.15, 0.2) is 71.1 Å². The molecular weight excluding hydrogens is 500 g/mol. The Morgan fingerprint density at radius 2 is 1.86 bits per heavy atom. The van der Waals surface area contributed by atoms with Crippen molar-refractivity contribution in [3.8, 4) is 0 Å². The lowest BCUT2D eigenvalue weighted by Gasteiger charge is -2.13. The number of thioether (sulfide) groups is 1. The highest BCUT2D eigenvalue weighted by Gasteiger charge is 2.41. The summed E-state index contributed by atoms with van der Waals surface area (Å²) < 4.78 is 1.41. The van der Waals surface area contributed by atoms with Crippen molar-refractivity contribution in [3.63, 3.8) is 0 Å². The molecule has 180 valence electrons. The van der Waals surface area contributed by atoms with Crippen molar-refractivity contribution < 1.29 is 19.3 Å². The number of rotatable bonds is 8. The number of carbonyl (C=O) groups excluding carboxylic acids is 3. The van der Waals surface area contributed by atoms with Crippen LogP contribution >= 0.6 is 23.1 Å². The van der Waals surface area contributed by atoms with Gasteiger partial charge in [0.2, 0.25) is 5.91 Å². The first-order valence-electron chi connectivity index (χ1n) is 10.9. The molecule has 1 aliphatic heterocycles. The molecule has 3 aromatic carbocycles. The molecule has 9 nitrogen and oxygen atoms in total. The van der Waals surface area contributed by atoms with Gasteiger partial charge in [-0.2, -0.15) is 0 Å². The maximum atomic E-state index is 13.0. The average molecular weight is 519 g/mol. The lowest BCUT2D eigenvalue weighted by Crippen LogP contribution is -2.29. The van der Waals surface area contributed by atoms with Gasteiger partial charge in [-0.1, -0.05) is 48.2 Å². The summed E-state index contributed by atoms with van der Waals surface area (Å²) in [6, 6.07) is 18.8. The molecule has 1 N–H and O–H groups in total. The van der Waals surface area contributed by atoms with Crippen LogP contribution in [0.25, 0.3) is 10.2 Å².